The fourth-order valence-electron chi connectivity index (χ4n) is 0.903. The summed E-state index contributed by atoms with van der Waals surface area (Å²) in [7, 11) is 0. The Kier molecular flexibility index (Phi) is 3.82. The van der Waals surface area contributed by atoms with E-state index in [4.69, 9.17) is 46.4 Å². The highest BCUT2D eigenvalue weighted by Gasteiger charge is 2.27. The van der Waals surface area contributed by atoms with E-state index < -0.39 is 3.79 Å². The third-order valence-electron chi connectivity index (χ3n) is 1.45. The number of hydrogen-bond donors (Lipinski definition) is 0. The predicted octanol–water partition coefficient (Wildman–Crippen LogP) is 4.13. The molecule has 14 heavy (non-hydrogen) atoms. The van der Waals surface area contributed by atoms with E-state index in [0.29, 0.717) is 0 Å². The van der Waals surface area contributed by atoms with Gasteiger partial charge < -0.3 is 0 Å². The first-order valence-corrected chi connectivity index (χ1v) is 4.91. The van der Waals surface area contributed by atoms with Gasteiger partial charge in [0, 0.05) is 5.56 Å². The van der Waals surface area contributed by atoms with Gasteiger partial charge in [0.25, 0.3) is 0 Å². The van der Waals surface area contributed by atoms with Crippen LogP contribution in [-0.2, 0) is 8.59 Å². The van der Waals surface area contributed by atoms with Crippen LogP contribution in [0, 0.1) is 0 Å². The number of carbonyl (C=O) groups excluding carboxylic acids is 1. The van der Waals surface area contributed by atoms with Crippen LogP contribution < -0.4 is 0 Å². The molecule has 1 aromatic carbocycles. The van der Waals surface area contributed by atoms with Crippen LogP contribution in [0.3, 0.4) is 0 Å². The second kappa shape index (κ2) is 4.52. The number of alkyl halides is 3. The Bertz CT molecular complexity index is 393. The van der Waals surface area contributed by atoms with Gasteiger partial charge >= 0.3 is 0 Å². The molecule has 0 amide bonds. The van der Waals surface area contributed by atoms with Crippen LogP contribution in [0.4, 0.5) is 5.69 Å². The number of nitrogens with zero attached hydrogens (tertiary/aromatic N) is 1. The van der Waals surface area contributed by atoms with Crippen LogP contribution in [0.1, 0.15) is 5.56 Å². The fourth-order valence-corrected chi connectivity index (χ4v) is 1.58. The summed E-state index contributed by atoms with van der Waals surface area (Å²) in [6, 6.07) is 4.66. The maximum atomic E-state index is 10.1. The quantitative estimate of drug-likeness (QED) is 0.429. The average molecular weight is 271 g/mol. The van der Waals surface area contributed by atoms with Crippen molar-refractivity contribution in [1.29, 1.82) is 0 Å². The molecular weight excluding hydrogens is 268 g/mol. The molecule has 0 aliphatic heterocycles. The van der Waals surface area contributed by atoms with Crippen LogP contribution >= 0.6 is 46.4 Å². The van der Waals surface area contributed by atoms with Crippen molar-refractivity contribution in [1.82, 2.24) is 0 Å². The molecule has 0 aromatic heterocycles. The second-order valence-corrected chi connectivity index (χ2v) is 5.03. The molecule has 0 fully saturated rings. The summed E-state index contributed by atoms with van der Waals surface area (Å²) < 4.78 is -1.67. The molecule has 0 bridgehead atoms. The Labute approximate surface area is 100 Å². The average Bonchev–Trinajstić information content (AvgIpc) is 2.07. The molecule has 0 saturated heterocycles. The van der Waals surface area contributed by atoms with Crippen molar-refractivity contribution in [3.8, 4) is 0 Å². The fraction of sp³-hybridized carbons (Fsp3) is 0.125. The number of isocyanates is 1. The first-order valence-electron chi connectivity index (χ1n) is 3.40. The van der Waals surface area contributed by atoms with Crippen molar-refractivity contribution in [2.45, 2.75) is 3.79 Å². The molecule has 0 saturated carbocycles. The summed E-state index contributed by atoms with van der Waals surface area (Å²) in [4.78, 5) is 13.5. The molecular formula is C8H3Cl4NO. The summed E-state index contributed by atoms with van der Waals surface area (Å²) in [6.45, 7) is 0. The first kappa shape index (κ1) is 11.8. The molecule has 0 unspecified atom stereocenters. The highest BCUT2D eigenvalue weighted by Crippen LogP contribution is 2.45. The summed E-state index contributed by atoms with van der Waals surface area (Å²) in [5, 5.41) is 0.233. The molecule has 1 rings (SSSR count). The lowest BCUT2D eigenvalue weighted by atomic mass is 10.2. The molecule has 0 radical (unpaired) electrons. The zero-order chi connectivity index (χ0) is 10.8. The SMILES string of the molecule is O=C=Nc1c(Cl)cccc1C(Cl)(Cl)Cl. The van der Waals surface area contributed by atoms with Crippen LogP contribution in [0.15, 0.2) is 23.2 Å². The zero-order valence-corrected chi connectivity index (χ0v) is 9.62. The van der Waals surface area contributed by atoms with Gasteiger partial charge in [-0.1, -0.05) is 58.5 Å². The zero-order valence-electron chi connectivity index (χ0n) is 6.60. The molecule has 6 heteroatoms. The van der Waals surface area contributed by atoms with E-state index in [-0.39, 0.29) is 16.3 Å². The highest BCUT2D eigenvalue weighted by molar-refractivity contribution is 6.67. The standard InChI is InChI=1S/C8H3Cl4NO/c9-6-3-1-2-5(8(10,11)12)7(6)13-4-14/h1-3H. The lowest BCUT2D eigenvalue weighted by molar-refractivity contribution is 0.565. The summed E-state index contributed by atoms with van der Waals surface area (Å²) in [5.74, 6) is 0. The molecule has 2 nitrogen and oxygen atoms in total. The van der Waals surface area contributed by atoms with Gasteiger partial charge in [0.2, 0.25) is 9.87 Å². The van der Waals surface area contributed by atoms with Crippen LogP contribution in [0.25, 0.3) is 0 Å². The molecule has 74 valence electrons. The van der Waals surface area contributed by atoms with E-state index in [1.165, 1.54) is 18.2 Å². The molecule has 1 aromatic rings. The largest absolute Gasteiger partial charge is 0.240 e. The lowest BCUT2D eigenvalue weighted by Crippen LogP contribution is -2.00. The van der Waals surface area contributed by atoms with Crippen molar-refractivity contribution >= 4 is 58.2 Å². The van der Waals surface area contributed by atoms with E-state index in [1.54, 1.807) is 6.07 Å². The number of halogens is 4. The topological polar surface area (TPSA) is 29.4 Å². The smallest absolute Gasteiger partial charge is 0.211 e. The number of benzene rings is 1. The molecule has 0 aliphatic carbocycles. The van der Waals surface area contributed by atoms with Crippen molar-refractivity contribution < 1.29 is 4.79 Å². The normalized spacial score (nSPS) is 10.9. The van der Waals surface area contributed by atoms with Gasteiger partial charge in [-0.2, -0.15) is 4.99 Å². The summed E-state index contributed by atoms with van der Waals surface area (Å²) in [5.41, 5.74) is 0.377. The third-order valence-corrected chi connectivity index (χ3v) is 2.37. The monoisotopic (exact) mass is 269 g/mol. The number of rotatable bonds is 1. The van der Waals surface area contributed by atoms with Crippen molar-refractivity contribution in [2.75, 3.05) is 0 Å². The van der Waals surface area contributed by atoms with Gasteiger partial charge in [-0.05, 0) is 6.07 Å². The van der Waals surface area contributed by atoms with Gasteiger partial charge in [-0.25, -0.2) is 4.79 Å². The molecule has 0 spiro atoms. The number of para-hydroxylation sites is 1. The highest BCUT2D eigenvalue weighted by atomic mass is 35.6. The lowest BCUT2D eigenvalue weighted by Gasteiger charge is -2.13. The Morgan fingerprint density at radius 3 is 2.43 bits per heavy atom. The molecule has 0 N–H and O–H groups in total. The maximum Gasteiger partial charge on any atom is 0.240 e. The second-order valence-electron chi connectivity index (χ2n) is 2.34. The van der Waals surface area contributed by atoms with E-state index in [1.807, 2.05) is 0 Å². The van der Waals surface area contributed by atoms with E-state index in [9.17, 15) is 4.79 Å². The van der Waals surface area contributed by atoms with Gasteiger partial charge in [0.1, 0.15) is 5.69 Å². The van der Waals surface area contributed by atoms with Gasteiger partial charge in [-0.15, -0.1) is 0 Å². The van der Waals surface area contributed by atoms with E-state index >= 15 is 0 Å². The Morgan fingerprint density at radius 2 is 1.93 bits per heavy atom. The predicted molar refractivity (Wildman–Crippen MR) is 58.5 cm³/mol. The summed E-state index contributed by atoms with van der Waals surface area (Å²) in [6.07, 6.45) is 1.35. The van der Waals surface area contributed by atoms with Gasteiger partial charge in [0.15, 0.2) is 0 Å². The Balaban J connectivity index is 3.43. The van der Waals surface area contributed by atoms with Gasteiger partial charge in [0.05, 0.1) is 5.02 Å². The minimum Gasteiger partial charge on any atom is -0.211 e. The Morgan fingerprint density at radius 1 is 1.29 bits per heavy atom. The van der Waals surface area contributed by atoms with E-state index in [0.717, 1.165) is 0 Å². The number of hydrogen-bond acceptors (Lipinski definition) is 2. The van der Waals surface area contributed by atoms with Gasteiger partial charge in [-0.3, -0.25) is 0 Å². The van der Waals surface area contributed by atoms with E-state index in [2.05, 4.69) is 4.99 Å². The minimum absolute atomic E-state index is 0.129. The third kappa shape index (κ3) is 2.63. The van der Waals surface area contributed by atoms with Crippen LogP contribution in [-0.4, -0.2) is 6.08 Å². The summed E-state index contributed by atoms with van der Waals surface area (Å²) >= 11 is 22.7. The number of aliphatic imine (C=N–C) groups is 1. The first-order chi connectivity index (χ1) is 6.46. The van der Waals surface area contributed by atoms with Crippen molar-refractivity contribution in [3.63, 3.8) is 0 Å². The molecule has 0 heterocycles. The van der Waals surface area contributed by atoms with Crippen LogP contribution in [0.5, 0.6) is 0 Å². The van der Waals surface area contributed by atoms with Crippen molar-refractivity contribution in [2.24, 2.45) is 4.99 Å². The van der Waals surface area contributed by atoms with Crippen LogP contribution in [0.2, 0.25) is 5.02 Å². The molecule has 0 aliphatic rings. The minimum atomic E-state index is -1.67. The molecule has 0 atom stereocenters. The maximum absolute atomic E-state index is 10.1. The van der Waals surface area contributed by atoms with Crippen molar-refractivity contribution in [3.05, 3.63) is 28.8 Å². The Hall–Kier alpha value is -0.240.